The van der Waals surface area contributed by atoms with Crippen molar-refractivity contribution in [1.82, 2.24) is 14.6 Å². The van der Waals surface area contributed by atoms with Gasteiger partial charge in [0.25, 0.3) is 0 Å². The molecule has 0 radical (unpaired) electrons. The van der Waals surface area contributed by atoms with Crippen LogP contribution >= 0.6 is 15.6 Å². The summed E-state index contributed by atoms with van der Waals surface area (Å²) in [5.41, 5.74) is 4.85. The fraction of sp³-hybridized carbons (Fsp3) is 0.417. The number of hydrogen-bond acceptors (Lipinski definition) is 9. The molecule has 3 rings (SSSR count). The lowest BCUT2D eigenvalue weighted by atomic mass is 9.93. The zero-order valence-electron chi connectivity index (χ0n) is 15.0. The first-order chi connectivity index (χ1) is 13.5. The number of phosphoric acid groups is 2. The summed E-state index contributed by atoms with van der Waals surface area (Å²) in [5.74, 6) is 0.250. The van der Waals surface area contributed by atoms with Gasteiger partial charge in [0, 0.05) is 0 Å². The van der Waals surface area contributed by atoms with E-state index in [9.17, 15) is 15.5 Å². The molecule has 2 aromatic heterocycles. The molecular formula is C12H19N5O11P2. The Labute approximate surface area is 167 Å². The lowest BCUT2D eigenvalue weighted by Gasteiger charge is -2.24. The van der Waals surface area contributed by atoms with Crippen LogP contribution in [0.2, 0.25) is 0 Å². The van der Waals surface area contributed by atoms with Crippen LogP contribution in [0, 0.1) is 11.3 Å². The molecule has 18 heteroatoms. The first-order valence-electron chi connectivity index (χ1n) is 7.61. The molecule has 4 atom stereocenters. The van der Waals surface area contributed by atoms with Crippen molar-refractivity contribution in [3.05, 3.63) is 24.2 Å². The topological polar surface area (TPSA) is 285 Å². The number of aliphatic hydroxyl groups is 2. The van der Waals surface area contributed by atoms with E-state index in [1.165, 1.54) is 10.8 Å². The number of nitrogens with zero attached hydrogens (tertiary/aromatic N) is 4. The second-order valence-electron chi connectivity index (χ2n) is 5.79. The maximum atomic E-state index is 10.2. The Kier molecular flexibility index (Phi) is 8.19. The fourth-order valence-electron chi connectivity index (χ4n) is 2.53. The Balaban J connectivity index is 0.000000378. The Morgan fingerprint density at radius 3 is 2.07 bits per heavy atom. The quantitative estimate of drug-likeness (QED) is 0.191. The molecule has 10 N–H and O–H groups in total. The monoisotopic (exact) mass is 471 g/mol. The zero-order chi connectivity index (χ0) is 23.5. The summed E-state index contributed by atoms with van der Waals surface area (Å²) in [7, 11) is -9.28. The molecule has 1 aliphatic rings. The molecule has 0 aromatic carbocycles. The lowest BCUT2D eigenvalue weighted by Crippen LogP contribution is -2.40. The minimum atomic E-state index is -4.64. The van der Waals surface area contributed by atoms with Gasteiger partial charge in [-0.1, -0.05) is 0 Å². The first kappa shape index (κ1) is 26.0. The Hall–Kier alpha value is -1.99. The molecule has 168 valence electrons. The van der Waals surface area contributed by atoms with Crippen LogP contribution in [0.25, 0.3) is 5.52 Å². The maximum absolute atomic E-state index is 10.2. The molecule has 3 heterocycles. The molecule has 0 bridgehead atoms. The zero-order valence-corrected chi connectivity index (χ0v) is 16.8. The molecule has 0 aliphatic carbocycles. The van der Waals surface area contributed by atoms with E-state index >= 15 is 0 Å². The van der Waals surface area contributed by atoms with E-state index in [1.807, 2.05) is 6.07 Å². The van der Waals surface area contributed by atoms with Crippen molar-refractivity contribution < 1.29 is 53.4 Å². The van der Waals surface area contributed by atoms with Crippen molar-refractivity contribution in [1.29, 1.82) is 5.26 Å². The highest BCUT2D eigenvalue weighted by atomic mass is 31.2. The van der Waals surface area contributed by atoms with Gasteiger partial charge in [-0.25, -0.2) is 18.6 Å². The van der Waals surface area contributed by atoms with Gasteiger partial charge in [0.15, 0.2) is 5.82 Å². The molecule has 2 aromatic rings. The van der Waals surface area contributed by atoms with Crippen molar-refractivity contribution in [2.45, 2.75) is 30.8 Å². The summed E-state index contributed by atoms with van der Waals surface area (Å²) in [5, 5.41) is 33.6. The van der Waals surface area contributed by atoms with Crippen molar-refractivity contribution in [3.8, 4) is 6.07 Å². The van der Waals surface area contributed by atoms with Gasteiger partial charge in [0.05, 0.1) is 11.8 Å². The number of rotatable bonds is 1. The number of nitrogens with two attached hydrogens (primary N) is 1. The predicted molar refractivity (Wildman–Crippen MR) is 95.8 cm³/mol. The second kappa shape index (κ2) is 9.43. The highest BCUT2D eigenvalue weighted by Crippen LogP contribution is 2.40. The van der Waals surface area contributed by atoms with Crippen LogP contribution < -0.4 is 5.73 Å². The van der Waals surface area contributed by atoms with E-state index in [-0.39, 0.29) is 5.82 Å². The standard InChI is InChI=1S/C12H13N5O3.2H3O4P/c1-6-9(18)10(19)12(4-13,20-6)8-3-2-7-11(14)15-5-16-17(7)8;2*1-5(2,3)4/h2-3,5-6,9-10,18-19H,1H3,(H2,14,15,16);2*(H3,1,2,3,4)/t6-,9-,10-,12+;;/m1../s1. The molecule has 0 amide bonds. The number of aliphatic hydroxyl groups excluding tert-OH is 2. The molecule has 0 spiro atoms. The first-order valence-corrected chi connectivity index (χ1v) is 10.7. The normalized spacial score (nSPS) is 26.2. The minimum Gasteiger partial charge on any atom is -0.388 e. The Bertz CT molecular complexity index is 977. The molecule has 1 saturated heterocycles. The van der Waals surface area contributed by atoms with Gasteiger partial charge in [-0.2, -0.15) is 10.4 Å². The number of ether oxygens (including phenoxy) is 1. The van der Waals surface area contributed by atoms with Gasteiger partial charge < -0.3 is 50.0 Å². The second-order valence-corrected chi connectivity index (χ2v) is 7.85. The number of hydrogen-bond donors (Lipinski definition) is 9. The van der Waals surface area contributed by atoms with E-state index < -0.39 is 39.6 Å². The Morgan fingerprint density at radius 2 is 1.67 bits per heavy atom. The molecule has 0 unspecified atom stereocenters. The molecule has 0 saturated carbocycles. The van der Waals surface area contributed by atoms with Crippen LogP contribution in [0.4, 0.5) is 5.82 Å². The predicted octanol–water partition coefficient (Wildman–Crippen LogP) is -2.69. The van der Waals surface area contributed by atoms with E-state index in [0.29, 0.717) is 11.2 Å². The summed E-state index contributed by atoms with van der Waals surface area (Å²) in [6, 6.07) is 5.16. The van der Waals surface area contributed by atoms with Crippen LogP contribution in [0.5, 0.6) is 0 Å². The third kappa shape index (κ3) is 6.77. The van der Waals surface area contributed by atoms with Gasteiger partial charge in [-0.3, -0.25) is 0 Å². The third-order valence-electron chi connectivity index (χ3n) is 3.62. The van der Waals surface area contributed by atoms with Crippen LogP contribution in [0.3, 0.4) is 0 Å². The van der Waals surface area contributed by atoms with Gasteiger partial charge in [0.2, 0.25) is 5.60 Å². The van der Waals surface area contributed by atoms with Crippen LogP contribution in [-0.2, 0) is 19.5 Å². The van der Waals surface area contributed by atoms with Crippen LogP contribution in [0.1, 0.15) is 12.6 Å². The summed E-state index contributed by atoms with van der Waals surface area (Å²) in [4.78, 5) is 47.0. The number of nitriles is 1. The largest absolute Gasteiger partial charge is 0.466 e. The van der Waals surface area contributed by atoms with E-state index in [4.69, 9.17) is 49.0 Å². The van der Waals surface area contributed by atoms with E-state index in [2.05, 4.69) is 10.1 Å². The molecule has 1 fully saturated rings. The fourth-order valence-corrected chi connectivity index (χ4v) is 2.53. The van der Waals surface area contributed by atoms with Crippen molar-refractivity contribution >= 4 is 27.0 Å². The summed E-state index contributed by atoms with van der Waals surface area (Å²) in [6.45, 7) is 1.59. The highest BCUT2D eigenvalue weighted by Gasteiger charge is 2.56. The lowest BCUT2D eigenvalue weighted by molar-refractivity contribution is -0.0457. The van der Waals surface area contributed by atoms with Gasteiger partial charge in [-0.05, 0) is 19.1 Å². The maximum Gasteiger partial charge on any atom is 0.466 e. The minimum absolute atomic E-state index is 0.250. The summed E-state index contributed by atoms with van der Waals surface area (Å²) in [6.07, 6.45) is -1.96. The average molecular weight is 471 g/mol. The van der Waals surface area contributed by atoms with E-state index in [0.717, 1.165) is 0 Å². The number of anilines is 1. The summed E-state index contributed by atoms with van der Waals surface area (Å²) >= 11 is 0. The number of aromatic nitrogens is 3. The summed E-state index contributed by atoms with van der Waals surface area (Å²) < 4.78 is 24.7. The molecule has 1 aliphatic heterocycles. The SMILES string of the molecule is C[C@H]1O[C@@](C#N)(c2ccc3c(N)ncnn23)[C@H](O)[C@@H]1O.O=P(O)(O)O.O=P(O)(O)O. The molecule has 16 nitrogen and oxygen atoms in total. The van der Waals surface area contributed by atoms with Crippen LogP contribution in [0.15, 0.2) is 18.5 Å². The van der Waals surface area contributed by atoms with Gasteiger partial charge in [0.1, 0.15) is 30.1 Å². The van der Waals surface area contributed by atoms with Crippen molar-refractivity contribution in [2.24, 2.45) is 0 Å². The average Bonchev–Trinajstić information content (AvgIpc) is 3.09. The van der Waals surface area contributed by atoms with Crippen LogP contribution in [-0.4, -0.2) is 72.5 Å². The highest BCUT2D eigenvalue weighted by molar-refractivity contribution is 7.45. The number of nitrogen functional groups attached to an aromatic ring is 1. The third-order valence-corrected chi connectivity index (χ3v) is 3.62. The van der Waals surface area contributed by atoms with Gasteiger partial charge >= 0.3 is 15.6 Å². The molecule has 30 heavy (non-hydrogen) atoms. The van der Waals surface area contributed by atoms with Crippen molar-refractivity contribution in [3.63, 3.8) is 0 Å². The number of fused-ring (bicyclic) bond motifs is 1. The molecular weight excluding hydrogens is 452 g/mol. The Morgan fingerprint density at radius 1 is 1.17 bits per heavy atom. The van der Waals surface area contributed by atoms with Gasteiger partial charge in [-0.15, -0.1) is 0 Å². The van der Waals surface area contributed by atoms with Crippen molar-refractivity contribution in [2.75, 3.05) is 5.73 Å². The van der Waals surface area contributed by atoms with E-state index in [1.54, 1.807) is 19.1 Å². The smallest absolute Gasteiger partial charge is 0.388 e.